The van der Waals surface area contributed by atoms with Crippen molar-refractivity contribution in [2.45, 2.75) is 19.8 Å². The molecule has 0 aromatic carbocycles. The van der Waals surface area contributed by atoms with Gasteiger partial charge in [0, 0.05) is 13.0 Å². The predicted molar refractivity (Wildman–Crippen MR) is 37.7 cm³/mol. The molecule has 0 amide bonds. The van der Waals surface area contributed by atoms with Gasteiger partial charge in [-0.3, -0.25) is 4.99 Å². The van der Waals surface area contributed by atoms with Crippen LogP contribution in [0.25, 0.3) is 0 Å². The van der Waals surface area contributed by atoms with Gasteiger partial charge in [-0.15, -0.1) is 0 Å². The second-order valence-corrected chi connectivity index (χ2v) is 2.42. The molecule has 0 N–H and O–H groups in total. The zero-order valence-corrected chi connectivity index (χ0v) is 6.05. The number of nitrogens with zero attached hydrogens (tertiary/aromatic N) is 1. The summed E-state index contributed by atoms with van der Waals surface area (Å²) in [4.78, 5) is 4.20. The van der Waals surface area contributed by atoms with E-state index in [-0.39, 0.29) is 0 Å². The standard InChI is InChI=1S/C7H13NO/c1-3-6-4-7(9-2)8-5-6/h6H,3-5H2,1-2H3. The van der Waals surface area contributed by atoms with E-state index >= 15 is 0 Å². The van der Waals surface area contributed by atoms with Crippen LogP contribution in [0.5, 0.6) is 0 Å². The van der Waals surface area contributed by atoms with Crippen molar-refractivity contribution >= 4 is 5.90 Å². The van der Waals surface area contributed by atoms with E-state index in [4.69, 9.17) is 4.74 Å². The summed E-state index contributed by atoms with van der Waals surface area (Å²) in [5.41, 5.74) is 0. The van der Waals surface area contributed by atoms with Crippen LogP contribution in [0.15, 0.2) is 4.99 Å². The van der Waals surface area contributed by atoms with Crippen molar-refractivity contribution in [2.75, 3.05) is 13.7 Å². The highest BCUT2D eigenvalue weighted by atomic mass is 16.5. The molecule has 2 nitrogen and oxygen atoms in total. The van der Waals surface area contributed by atoms with Crippen LogP contribution in [0, 0.1) is 5.92 Å². The third-order valence-corrected chi connectivity index (χ3v) is 1.80. The van der Waals surface area contributed by atoms with Crippen molar-refractivity contribution in [2.24, 2.45) is 10.9 Å². The molecule has 0 bridgehead atoms. The smallest absolute Gasteiger partial charge is 0.183 e. The van der Waals surface area contributed by atoms with E-state index in [0.29, 0.717) is 0 Å². The molecule has 0 fully saturated rings. The number of hydrogen-bond donors (Lipinski definition) is 0. The van der Waals surface area contributed by atoms with Gasteiger partial charge in [0.05, 0.1) is 7.11 Å². The second kappa shape index (κ2) is 2.85. The van der Waals surface area contributed by atoms with Gasteiger partial charge in [0.1, 0.15) is 0 Å². The minimum atomic E-state index is 0.750. The van der Waals surface area contributed by atoms with Gasteiger partial charge in [-0.25, -0.2) is 0 Å². The molecule has 0 aromatic heterocycles. The Hall–Kier alpha value is -0.530. The fourth-order valence-corrected chi connectivity index (χ4v) is 1.03. The van der Waals surface area contributed by atoms with Gasteiger partial charge in [-0.2, -0.15) is 0 Å². The van der Waals surface area contributed by atoms with Crippen LogP contribution in [0.4, 0.5) is 0 Å². The number of ether oxygens (including phenoxy) is 1. The molecule has 0 saturated heterocycles. The van der Waals surface area contributed by atoms with Crippen LogP contribution in [-0.4, -0.2) is 19.6 Å². The Balaban J connectivity index is 2.31. The molecule has 0 radical (unpaired) electrons. The van der Waals surface area contributed by atoms with Gasteiger partial charge in [0.15, 0.2) is 5.90 Å². The summed E-state index contributed by atoms with van der Waals surface area (Å²) in [5.74, 6) is 1.68. The van der Waals surface area contributed by atoms with E-state index < -0.39 is 0 Å². The first kappa shape index (κ1) is 6.59. The van der Waals surface area contributed by atoms with Gasteiger partial charge in [0.2, 0.25) is 0 Å². The maximum Gasteiger partial charge on any atom is 0.183 e. The fourth-order valence-electron chi connectivity index (χ4n) is 1.03. The highest BCUT2D eigenvalue weighted by Crippen LogP contribution is 2.16. The summed E-state index contributed by atoms with van der Waals surface area (Å²) in [5, 5.41) is 0. The molecule has 1 heterocycles. The van der Waals surface area contributed by atoms with E-state index in [1.807, 2.05) is 0 Å². The van der Waals surface area contributed by atoms with Crippen molar-refractivity contribution in [1.82, 2.24) is 0 Å². The number of hydrogen-bond acceptors (Lipinski definition) is 2. The first-order chi connectivity index (χ1) is 4.36. The third kappa shape index (κ3) is 1.44. The predicted octanol–water partition coefficient (Wildman–Crippen LogP) is 1.46. The average molecular weight is 127 g/mol. The summed E-state index contributed by atoms with van der Waals surface area (Å²) in [7, 11) is 1.69. The highest BCUT2D eigenvalue weighted by Gasteiger charge is 2.16. The van der Waals surface area contributed by atoms with Crippen molar-refractivity contribution in [1.29, 1.82) is 0 Å². The molecule has 2 heteroatoms. The molecule has 0 saturated carbocycles. The summed E-state index contributed by atoms with van der Waals surface area (Å²) in [6.07, 6.45) is 2.27. The van der Waals surface area contributed by atoms with Gasteiger partial charge in [-0.1, -0.05) is 13.3 Å². The minimum Gasteiger partial charge on any atom is -0.484 e. The second-order valence-electron chi connectivity index (χ2n) is 2.42. The van der Waals surface area contributed by atoms with Crippen molar-refractivity contribution < 1.29 is 4.74 Å². The molecule has 1 aliphatic rings. The Labute approximate surface area is 55.9 Å². The zero-order chi connectivity index (χ0) is 6.69. The Morgan fingerprint density at radius 1 is 1.78 bits per heavy atom. The van der Waals surface area contributed by atoms with Gasteiger partial charge in [0.25, 0.3) is 0 Å². The molecular formula is C7H13NO. The molecule has 0 aliphatic carbocycles. The summed E-state index contributed by atoms with van der Waals surface area (Å²) < 4.78 is 4.99. The van der Waals surface area contributed by atoms with Crippen molar-refractivity contribution in [3.8, 4) is 0 Å². The van der Waals surface area contributed by atoms with E-state index in [9.17, 15) is 0 Å². The first-order valence-corrected chi connectivity index (χ1v) is 3.44. The average Bonchev–Trinajstić information content (AvgIpc) is 2.34. The monoisotopic (exact) mass is 127 g/mol. The van der Waals surface area contributed by atoms with Gasteiger partial charge >= 0.3 is 0 Å². The largest absolute Gasteiger partial charge is 0.484 e. The highest BCUT2D eigenvalue weighted by molar-refractivity contribution is 5.77. The maximum absolute atomic E-state index is 4.99. The number of aliphatic imine (C=N–C) groups is 1. The molecule has 52 valence electrons. The maximum atomic E-state index is 4.99. The van der Waals surface area contributed by atoms with E-state index in [1.165, 1.54) is 6.42 Å². The normalized spacial score (nSPS) is 26.0. The lowest BCUT2D eigenvalue weighted by atomic mass is 10.1. The summed E-state index contributed by atoms with van der Waals surface area (Å²) >= 11 is 0. The van der Waals surface area contributed by atoms with Crippen LogP contribution in [0.1, 0.15) is 19.8 Å². The molecule has 1 rings (SSSR count). The van der Waals surface area contributed by atoms with E-state index in [0.717, 1.165) is 24.8 Å². The van der Waals surface area contributed by atoms with Crippen LogP contribution < -0.4 is 0 Å². The molecule has 0 aromatic rings. The quantitative estimate of drug-likeness (QED) is 0.522. The van der Waals surface area contributed by atoms with Crippen molar-refractivity contribution in [3.63, 3.8) is 0 Å². The summed E-state index contributed by atoms with van der Waals surface area (Å²) in [6.45, 7) is 3.17. The van der Waals surface area contributed by atoms with Crippen LogP contribution in [-0.2, 0) is 4.74 Å². The SMILES string of the molecule is CCC1CN=C(OC)C1. The minimum absolute atomic E-state index is 0.750. The molecule has 1 unspecified atom stereocenters. The first-order valence-electron chi connectivity index (χ1n) is 3.44. The lowest BCUT2D eigenvalue weighted by Crippen LogP contribution is -2.01. The molecular weight excluding hydrogens is 114 g/mol. The molecule has 1 atom stereocenters. The molecule has 1 aliphatic heterocycles. The Morgan fingerprint density at radius 2 is 2.56 bits per heavy atom. The Morgan fingerprint density at radius 3 is 2.89 bits per heavy atom. The summed E-state index contributed by atoms with van der Waals surface area (Å²) in [6, 6.07) is 0. The van der Waals surface area contributed by atoms with E-state index in [1.54, 1.807) is 7.11 Å². The van der Waals surface area contributed by atoms with Crippen LogP contribution in [0.3, 0.4) is 0 Å². The van der Waals surface area contributed by atoms with Gasteiger partial charge < -0.3 is 4.74 Å². The lowest BCUT2D eigenvalue weighted by Gasteiger charge is -2.01. The third-order valence-electron chi connectivity index (χ3n) is 1.80. The number of methoxy groups -OCH3 is 1. The zero-order valence-electron chi connectivity index (χ0n) is 6.05. The molecule has 9 heavy (non-hydrogen) atoms. The lowest BCUT2D eigenvalue weighted by molar-refractivity contribution is 0.388. The van der Waals surface area contributed by atoms with Crippen LogP contribution >= 0.6 is 0 Å². The Bertz CT molecular complexity index is 120. The van der Waals surface area contributed by atoms with Crippen LogP contribution in [0.2, 0.25) is 0 Å². The topological polar surface area (TPSA) is 21.6 Å². The fraction of sp³-hybridized carbons (Fsp3) is 0.857. The van der Waals surface area contributed by atoms with Gasteiger partial charge in [-0.05, 0) is 5.92 Å². The number of rotatable bonds is 1. The van der Waals surface area contributed by atoms with E-state index in [2.05, 4.69) is 11.9 Å². The Kier molecular flexibility index (Phi) is 2.09. The molecule has 0 spiro atoms. The van der Waals surface area contributed by atoms with Crippen molar-refractivity contribution in [3.05, 3.63) is 0 Å².